The molecular weight excluding hydrogens is 430 g/mol. The number of carbonyl (C=O) groups excluding carboxylic acids is 2. The van der Waals surface area contributed by atoms with Crippen LogP contribution in [0.3, 0.4) is 0 Å². The maximum atomic E-state index is 12.6. The van der Waals surface area contributed by atoms with Crippen LogP contribution in [-0.2, 0) is 9.59 Å². The molecule has 0 aliphatic carbocycles. The van der Waals surface area contributed by atoms with Crippen molar-refractivity contribution in [2.45, 2.75) is 12.3 Å². The molecule has 0 radical (unpaired) electrons. The highest BCUT2D eigenvalue weighted by atomic mass is 35.5. The van der Waals surface area contributed by atoms with Gasteiger partial charge in [-0.15, -0.1) is 0 Å². The molecule has 3 aromatic carbocycles. The van der Waals surface area contributed by atoms with Crippen molar-refractivity contribution in [1.29, 1.82) is 5.26 Å². The SMILES string of the molecule is N#CC1=C(SCC(=O)Nc2cccc3ccccc23)NC(=O)C[C@H]1c1ccccc1Cl. The number of amides is 2. The van der Waals surface area contributed by atoms with Gasteiger partial charge in [-0.25, -0.2) is 0 Å². The van der Waals surface area contributed by atoms with Crippen LogP contribution >= 0.6 is 23.4 Å². The summed E-state index contributed by atoms with van der Waals surface area (Å²) in [4.78, 5) is 24.9. The number of nitriles is 1. The first-order chi connectivity index (χ1) is 15.1. The summed E-state index contributed by atoms with van der Waals surface area (Å²) in [5.41, 5.74) is 1.87. The van der Waals surface area contributed by atoms with Gasteiger partial charge in [0.05, 0.1) is 22.4 Å². The molecule has 0 saturated carbocycles. The quantitative estimate of drug-likeness (QED) is 0.563. The monoisotopic (exact) mass is 447 g/mol. The van der Waals surface area contributed by atoms with Crippen molar-refractivity contribution in [2.24, 2.45) is 0 Å². The highest BCUT2D eigenvalue weighted by Gasteiger charge is 2.31. The van der Waals surface area contributed by atoms with E-state index in [9.17, 15) is 14.9 Å². The van der Waals surface area contributed by atoms with Gasteiger partial charge in [0.25, 0.3) is 0 Å². The van der Waals surface area contributed by atoms with Gasteiger partial charge in [0, 0.05) is 28.4 Å². The van der Waals surface area contributed by atoms with Crippen LogP contribution in [0, 0.1) is 11.3 Å². The number of hydrogen-bond acceptors (Lipinski definition) is 4. The van der Waals surface area contributed by atoms with E-state index < -0.39 is 5.92 Å². The number of rotatable bonds is 5. The van der Waals surface area contributed by atoms with Crippen molar-refractivity contribution < 1.29 is 9.59 Å². The predicted octanol–water partition coefficient (Wildman–Crippen LogP) is 5.20. The van der Waals surface area contributed by atoms with Crippen molar-refractivity contribution in [1.82, 2.24) is 5.32 Å². The Morgan fingerprint density at radius 2 is 1.87 bits per heavy atom. The van der Waals surface area contributed by atoms with E-state index in [4.69, 9.17) is 11.6 Å². The van der Waals surface area contributed by atoms with Crippen molar-refractivity contribution in [3.05, 3.63) is 87.9 Å². The summed E-state index contributed by atoms with van der Waals surface area (Å²) in [5.74, 6) is -0.809. The van der Waals surface area contributed by atoms with Crippen LogP contribution in [0.2, 0.25) is 5.02 Å². The molecule has 0 bridgehead atoms. The Balaban J connectivity index is 1.53. The molecular formula is C24H18ClN3O2S. The van der Waals surface area contributed by atoms with Gasteiger partial charge in [-0.05, 0) is 23.1 Å². The maximum absolute atomic E-state index is 12.6. The van der Waals surface area contributed by atoms with E-state index in [1.54, 1.807) is 12.1 Å². The number of benzene rings is 3. The largest absolute Gasteiger partial charge is 0.325 e. The first-order valence-electron chi connectivity index (χ1n) is 9.66. The highest BCUT2D eigenvalue weighted by Crippen LogP contribution is 2.38. The topological polar surface area (TPSA) is 82.0 Å². The Hall–Kier alpha value is -3.27. The molecule has 5 nitrogen and oxygen atoms in total. The molecule has 2 amide bonds. The molecule has 0 spiro atoms. The average Bonchev–Trinajstić information content (AvgIpc) is 2.78. The van der Waals surface area contributed by atoms with Gasteiger partial charge in [-0.1, -0.05) is 78.0 Å². The Morgan fingerprint density at radius 3 is 2.68 bits per heavy atom. The van der Waals surface area contributed by atoms with Crippen LogP contribution in [0.1, 0.15) is 17.9 Å². The number of fused-ring (bicyclic) bond motifs is 1. The lowest BCUT2D eigenvalue weighted by atomic mass is 9.87. The van der Waals surface area contributed by atoms with E-state index in [2.05, 4.69) is 16.7 Å². The lowest BCUT2D eigenvalue weighted by Gasteiger charge is -2.25. The van der Waals surface area contributed by atoms with E-state index in [1.165, 1.54) is 0 Å². The predicted molar refractivity (Wildman–Crippen MR) is 125 cm³/mol. The molecule has 3 aromatic rings. The van der Waals surface area contributed by atoms with Crippen LogP contribution in [0.5, 0.6) is 0 Å². The molecule has 4 rings (SSSR count). The van der Waals surface area contributed by atoms with Gasteiger partial charge < -0.3 is 10.6 Å². The lowest BCUT2D eigenvalue weighted by molar-refractivity contribution is -0.121. The summed E-state index contributed by atoms with van der Waals surface area (Å²) in [7, 11) is 0. The van der Waals surface area contributed by atoms with E-state index in [1.807, 2.05) is 54.6 Å². The number of nitrogens with one attached hydrogen (secondary N) is 2. The zero-order valence-electron chi connectivity index (χ0n) is 16.4. The van der Waals surface area contributed by atoms with E-state index in [0.29, 0.717) is 15.6 Å². The van der Waals surface area contributed by atoms with Crippen LogP contribution in [-0.4, -0.2) is 17.6 Å². The molecule has 154 valence electrons. The van der Waals surface area contributed by atoms with Gasteiger partial charge in [-0.2, -0.15) is 5.26 Å². The fourth-order valence-electron chi connectivity index (χ4n) is 3.61. The summed E-state index contributed by atoms with van der Waals surface area (Å²) in [6.07, 6.45) is 0.138. The minimum atomic E-state index is -0.434. The van der Waals surface area contributed by atoms with E-state index >= 15 is 0 Å². The number of allylic oxidation sites excluding steroid dienone is 1. The van der Waals surface area contributed by atoms with E-state index in [0.717, 1.165) is 33.8 Å². The summed E-state index contributed by atoms with van der Waals surface area (Å²) in [6.45, 7) is 0. The number of nitrogens with zero attached hydrogens (tertiary/aromatic N) is 1. The molecule has 1 aliphatic rings. The van der Waals surface area contributed by atoms with E-state index in [-0.39, 0.29) is 24.0 Å². The Kier molecular flexibility index (Phi) is 6.26. The van der Waals surface area contributed by atoms with Crippen molar-refractivity contribution in [3.8, 4) is 6.07 Å². The molecule has 31 heavy (non-hydrogen) atoms. The van der Waals surface area contributed by atoms with Crippen molar-refractivity contribution >= 4 is 51.6 Å². The molecule has 1 atom stereocenters. The van der Waals surface area contributed by atoms with Gasteiger partial charge in [0.15, 0.2) is 0 Å². The minimum absolute atomic E-state index is 0.0548. The number of anilines is 1. The smallest absolute Gasteiger partial charge is 0.234 e. The third kappa shape index (κ3) is 4.58. The van der Waals surface area contributed by atoms with Gasteiger partial charge >= 0.3 is 0 Å². The van der Waals surface area contributed by atoms with Gasteiger partial charge in [-0.3, -0.25) is 9.59 Å². The zero-order chi connectivity index (χ0) is 21.8. The Morgan fingerprint density at radius 1 is 1.13 bits per heavy atom. The number of halogens is 1. The molecule has 0 saturated heterocycles. The second-order valence-electron chi connectivity index (χ2n) is 7.04. The summed E-state index contributed by atoms with van der Waals surface area (Å²) in [5, 5.41) is 18.3. The second kappa shape index (κ2) is 9.25. The molecule has 0 aromatic heterocycles. The van der Waals surface area contributed by atoms with Crippen LogP contribution < -0.4 is 10.6 Å². The Bertz CT molecular complexity index is 1240. The third-order valence-electron chi connectivity index (χ3n) is 5.05. The summed E-state index contributed by atoms with van der Waals surface area (Å²) in [6, 6.07) is 22.9. The molecule has 0 fully saturated rings. The lowest BCUT2D eigenvalue weighted by Crippen LogP contribution is -2.31. The first kappa shape index (κ1) is 21.0. The second-order valence-corrected chi connectivity index (χ2v) is 8.44. The molecule has 1 aliphatic heterocycles. The standard InChI is InChI=1S/C24H18ClN3O2S/c25-20-10-4-3-9-17(20)18-12-22(29)28-24(19(18)13-26)31-14-23(30)27-21-11-5-7-15-6-1-2-8-16(15)21/h1-11,18H,12,14H2,(H,27,30)(H,28,29)/t18-/m0/s1. The van der Waals surface area contributed by atoms with Crippen molar-refractivity contribution in [2.75, 3.05) is 11.1 Å². The zero-order valence-corrected chi connectivity index (χ0v) is 18.0. The fraction of sp³-hybridized carbons (Fsp3) is 0.125. The Labute approximate surface area is 189 Å². The molecule has 1 heterocycles. The minimum Gasteiger partial charge on any atom is -0.325 e. The molecule has 2 N–H and O–H groups in total. The average molecular weight is 448 g/mol. The van der Waals surface area contributed by atoms with Crippen molar-refractivity contribution in [3.63, 3.8) is 0 Å². The van der Waals surface area contributed by atoms with Gasteiger partial charge in [0.2, 0.25) is 11.8 Å². The first-order valence-corrected chi connectivity index (χ1v) is 11.0. The normalized spacial score (nSPS) is 16.0. The highest BCUT2D eigenvalue weighted by molar-refractivity contribution is 8.03. The van der Waals surface area contributed by atoms with Crippen LogP contribution in [0.25, 0.3) is 10.8 Å². The van der Waals surface area contributed by atoms with Gasteiger partial charge in [0.1, 0.15) is 0 Å². The van der Waals surface area contributed by atoms with Crippen LogP contribution in [0.15, 0.2) is 77.3 Å². The number of hydrogen-bond donors (Lipinski definition) is 2. The molecule has 0 unspecified atom stereocenters. The number of thioether (sulfide) groups is 1. The number of carbonyl (C=O) groups is 2. The fourth-order valence-corrected chi connectivity index (χ4v) is 4.76. The maximum Gasteiger partial charge on any atom is 0.234 e. The van der Waals surface area contributed by atoms with Crippen LogP contribution in [0.4, 0.5) is 5.69 Å². The third-order valence-corrected chi connectivity index (χ3v) is 6.41. The summed E-state index contributed by atoms with van der Waals surface area (Å²) >= 11 is 7.45. The molecule has 7 heteroatoms. The summed E-state index contributed by atoms with van der Waals surface area (Å²) < 4.78 is 0.